The monoisotopic (exact) mass is 319 g/mol. The van der Waals surface area contributed by atoms with Gasteiger partial charge in [0.1, 0.15) is 4.88 Å². The fourth-order valence-electron chi connectivity index (χ4n) is 2.16. The molecule has 0 aromatic carbocycles. The van der Waals surface area contributed by atoms with Crippen molar-refractivity contribution in [2.75, 3.05) is 13.2 Å². The molecular formula is C12H17NO5S2. The van der Waals surface area contributed by atoms with Gasteiger partial charge >= 0.3 is 5.97 Å². The fourth-order valence-corrected chi connectivity index (χ4v) is 5.25. The molecule has 112 valence electrons. The first kappa shape index (κ1) is 15.4. The topological polar surface area (TPSA) is 83.9 Å². The van der Waals surface area contributed by atoms with Gasteiger partial charge in [-0.3, -0.25) is 0 Å². The van der Waals surface area contributed by atoms with Gasteiger partial charge < -0.3 is 9.84 Å². The number of thiophene rings is 1. The Morgan fingerprint density at radius 3 is 2.70 bits per heavy atom. The first-order valence-corrected chi connectivity index (χ1v) is 8.46. The first-order chi connectivity index (χ1) is 9.23. The highest BCUT2D eigenvalue weighted by molar-refractivity contribution is 7.89. The van der Waals surface area contributed by atoms with Crippen molar-refractivity contribution < 1.29 is 23.1 Å². The van der Waals surface area contributed by atoms with Crippen LogP contribution in [0, 0.1) is 6.92 Å². The van der Waals surface area contributed by atoms with E-state index in [1.807, 2.05) is 6.92 Å². The van der Waals surface area contributed by atoms with E-state index in [2.05, 4.69) is 0 Å². The lowest BCUT2D eigenvalue weighted by Crippen LogP contribution is -2.50. The summed E-state index contributed by atoms with van der Waals surface area (Å²) in [5.41, 5.74) is 0. The Labute approximate surface area is 122 Å². The van der Waals surface area contributed by atoms with Gasteiger partial charge in [0.05, 0.1) is 17.6 Å². The van der Waals surface area contributed by atoms with Crippen molar-refractivity contribution in [3.63, 3.8) is 0 Å². The van der Waals surface area contributed by atoms with Crippen LogP contribution in [0.3, 0.4) is 0 Å². The van der Waals surface area contributed by atoms with E-state index in [1.165, 1.54) is 10.4 Å². The van der Waals surface area contributed by atoms with E-state index >= 15 is 0 Å². The van der Waals surface area contributed by atoms with Crippen molar-refractivity contribution in [2.45, 2.75) is 37.8 Å². The Kier molecular flexibility index (Phi) is 4.19. The van der Waals surface area contributed by atoms with Crippen molar-refractivity contribution in [2.24, 2.45) is 0 Å². The number of carboxylic acids is 1. The maximum absolute atomic E-state index is 12.7. The molecule has 2 unspecified atom stereocenters. The van der Waals surface area contributed by atoms with Crippen molar-refractivity contribution in [3.05, 3.63) is 15.8 Å². The minimum absolute atomic E-state index is 0.0371. The predicted molar refractivity (Wildman–Crippen MR) is 74.8 cm³/mol. The number of morpholine rings is 1. The first-order valence-electron chi connectivity index (χ1n) is 6.20. The summed E-state index contributed by atoms with van der Waals surface area (Å²) in [7, 11) is -3.69. The molecule has 0 amide bonds. The Morgan fingerprint density at radius 2 is 2.15 bits per heavy atom. The van der Waals surface area contributed by atoms with Crippen molar-refractivity contribution in [1.82, 2.24) is 4.31 Å². The summed E-state index contributed by atoms with van der Waals surface area (Å²) in [5, 5.41) is 8.97. The summed E-state index contributed by atoms with van der Waals surface area (Å²) in [6.45, 7) is 5.84. The number of sulfonamides is 1. The van der Waals surface area contributed by atoms with Crippen molar-refractivity contribution >= 4 is 27.3 Å². The number of rotatable bonds is 3. The smallest absolute Gasteiger partial charge is 0.345 e. The Hall–Kier alpha value is -0.960. The molecule has 1 aromatic heterocycles. The highest BCUT2D eigenvalue weighted by Crippen LogP contribution is 2.30. The third-order valence-electron chi connectivity index (χ3n) is 3.22. The molecule has 1 saturated heterocycles. The minimum atomic E-state index is -3.69. The zero-order valence-corrected chi connectivity index (χ0v) is 13.1. The lowest BCUT2D eigenvalue weighted by atomic mass is 10.2. The zero-order valence-electron chi connectivity index (χ0n) is 11.5. The molecule has 1 aliphatic heterocycles. The fraction of sp³-hybridized carbons (Fsp3) is 0.583. The lowest BCUT2D eigenvalue weighted by molar-refractivity contribution is -0.0170. The van der Waals surface area contributed by atoms with Gasteiger partial charge in [0.15, 0.2) is 0 Å². The molecule has 1 N–H and O–H groups in total. The van der Waals surface area contributed by atoms with Gasteiger partial charge in [-0.2, -0.15) is 4.31 Å². The summed E-state index contributed by atoms with van der Waals surface area (Å²) < 4.78 is 32.2. The molecule has 1 aliphatic rings. The molecule has 20 heavy (non-hydrogen) atoms. The normalized spacial score (nSPS) is 24.8. The second-order valence-electron chi connectivity index (χ2n) is 4.90. The SMILES string of the molecule is Cc1sc(C(=O)O)cc1S(=O)(=O)N1CC(C)OCC1C. The number of ether oxygens (including phenoxy) is 1. The minimum Gasteiger partial charge on any atom is -0.477 e. The van der Waals surface area contributed by atoms with Crippen LogP contribution in [-0.4, -0.2) is 49.1 Å². The van der Waals surface area contributed by atoms with Crippen LogP contribution in [0.2, 0.25) is 0 Å². The summed E-state index contributed by atoms with van der Waals surface area (Å²) in [6, 6.07) is 0.980. The Balaban J connectivity index is 2.41. The molecule has 6 nitrogen and oxygen atoms in total. The van der Waals surface area contributed by atoms with E-state index in [0.29, 0.717) is 11.5 Å². The van der Waals surface area contributed by atoms with Gasteiger partial charge in [-0.05, 0) is 26.8 Å². The summed E-state index contributed by atoms with van der Waals surface area (Å²) >= 11 is 0.979. The third kappa shape index (κ3) is 2.73. The van der Waals surface area contributed by atoms with Crippen LogP contribution in [-0.2, 0) is 14.8 Å². The predicted octanol–water partition coefficient (Wildman–Crippen LogP) is 1.55. The number of aromatic carboxylic acids is 1. The van der Waals surface area contributed by atoms with E-state index in [4.69, 9.17) is 9.84 Å². The van der Waals surface area contributed by atoms with Crippen LogP contribution in [0.1, 0.15) is 28.4 Å². The second-order valence-corrected chi connectivity index (χ2v) is 8.02. The average Bonchev–Trinajstić information content (AvgIpc) is 2.75. The molecular weight excluding hydrogens is 302 g/mol. The van der Waals surface area contributed by atoms with Gasteiger partial charge in [0, 0.05) is 17.5 Å². The van der Waals surface area contributed by atoms with Crippen molar-refractivity contribution in [1.29, 1.82) is 0 Å². The quantitative estimate of drug-likeness (QED) is 0.914. The standard InChI is InChI=1S/C12H17NO5S2/c1-7-6-18-8(2)5-13(7)20(16,17)11-4-10(12(14)15)19-9(11)3/h4,7-8H,5-6H2,1-3H3,(H,14,15). The van der Waals surface area contributed by atoms with E-state index < -0.39 is 16.0 Å². The van der Waals surface area contributed by atoms with Gasteiger partial charge in [0.25, 0.3) is 0 Å². The number of aryl methyl sites for hydroxylation is 1. The highest BCUT2D eigenvalue weighted by atomic mass is 32.2. The number of hydrogen-bond acceptors (Lipinski definition) is 5. The van der Waals surface area contributed by atoms with Crippen LogP contribution in [0.25, 0.3) is 0 Å². The van der Waals surface area contributed by atoms with Gasteiger partial charge in [0.2, 0.25) is 10.0 Å². The number of nitrogens with zero attached hydrogens (tertiary/aromatic N) is 1. The van der Waals surface area contributed by atoms with Gasteiger partial charge in [-0.1, -0.05) is 0 Å². The Morgan fingerprint density at radius 1 is 1.50 bits per heavy atom. The van der Waals surface area contributed by atoms with Crippen LogP contribution in [0.5, 0.6) is 0 Å². The van der Waals surface area contributed by atoms with Gasteiger partial charge in [-0.15, -0.1) is 11.3 Å². The molecule has 1 aromatic rings. The summed E-state index contributed by atoms with van der Waals surface area (Å²) in [6.07, 6.45) is -0.168. The molecule has 2 heterocycles. The molecule has 8 heteroatoms. The largest absolute Gasteiger partial charge is 0.477 e. The molecule has 0 bridgehead atoms. The maximum Gasteiger partial charge on any atom is 0.345 e. The number of carboxylic acid groups (broad SMARTS) is 1. The van der Waals surface area contributed by atoms with E-state index in [9.17, 15) is 13.2 Å². The summed E-state index contributed by atoms with van der Waals surface area (Å²) in [4.78, 5) is 11.6. The molecule has 0 aliphatic carbocycles. The van der Waals surface area contributed by atoms with Crippen LogP contribution >= 0.6 is 11.3 Å². The second kappa shape index (κ2) is 5.44. The molecule has 2 atom stereocenters. The molecule has 2 rings (SSSR count). The van der Waals surface area contributed by atoms with Crippen LogP contribution < -0.4 is 0 Å². The Bertz CT molecular complexity index is 622. The third-order valence-corrected chi connectivity index (χ3v) is 6.49. The summed E-state index contributed by atoms with van der Waals surface area (Å²) in [5.74, 6) is -1.11. The van der Waals surface area contributed by atoms with E-state index in [-0.39, 0.29) is 28.5 Å². The van der Waals surface area contributed by atoms with E-state index in [0.717, 1.165) is 11.3 Å². The van der Waals surface area contributed by atoms with Gasteiger partial charge in [-0.25, -0.2) is 13.2 Å². The molecule has 1 fully saturated rings. The lowest BCUT2D eigenvalue weighted by Gasteiger charge is -2.35. The van der Waals surface area contributed by atoms with E-state index in [1.54, 1.807) is 13.8 Å². The zero-order chi connectivity index (χ0) is 15.1. The maximum atomic E-state index is 12.7. The highest BCUT2D eigenvalue weighted by Gasteiger charge is 2.36. The molecule has 0 saturated carbocycles. The van der Waals surface area contributed by atoms with Crippen LogP contribution in [0.15, 0.2) is 11.0 Å². The van der Waals surface area contributed by atoms with Crippen molar-refractivity contribution in [3.8, 4) is 0 Å². The molecule has 0 spiro atoms. The average molecular weight is 319 g/mol. The number of carbonyl (C=O) groups is 1. The number of hydrogen-bond donors (Lipinski definition) is 1. The van der Waals surface area contributed by atoms with Crippen LogP contribution in [0.4, 0.5) is 0 Å². The molecule has 0 radical (unpaired) electrons.